The Morgan fingerprint density at radius 3 is 0.934 bits per heavy atom. The summed E-state index contributed by atoms with van der Waals surface area (Å²) in [5, 5.41) is 0. The third-order valence-corrected chi connectivity index (χ3v) is 11.8. The predicted molar refractivity (Wildman–Crippen MR) is 238 cm³/mol. The van der Waals surface area contributed by atoms with Crippen molar-refractivity contribution in [1.82, 2.24) is 39.9 Å². The molecular weight excluding hydrogens is 749 g/mol. The van der Waals surface area contributed by atoms with E-state index in [0.29, 0.717) is 11.6 Å². The lowest BCUT2D eigenvalue weighted by Gasteiger charge is -2.31. The van der Waals surface area contributed by atoms with Gasteiger partial charge in [-0.1, -0.05) is 97.1 Å². The van der Waals surface area contributed by atoms with E-state index in [0.717, 1.165) is 67.8 Å². The molecule has 6 aromatic heterocycles. The zero-order valence-electron chi connectivity index (χ0n) is 32.6. The fourth-order valence-corrected chi connectivity index (χ4v) is 9.15. The molecule has 0 saturated carbocycles. The molecule has 1 spiro atoms. The molecule has 0 aliphatic heterocycles. The number of pyridine rings is 4. The Balaban J connectivity index is 1.09. The van der Waals surface area contributed by atoms with E-state index >= 15 is 0 Å². The highest BCUT2D eigenvalue weighted by Crippen LogP contribution is 2.63. The Labute approximate surface area is 351 Å². The molecule has 0 bridgehead atoms. The lowest BCUT2D eigenvalue weighted by atomic mass is 9.70. The molecular formula is C53H32N8. The second kappa shape index (κ2) is 13.9. The number of hydrogen-bond donors (Lipinski definition) is 0. The lowest BCUT2D eigenvalue weighted by molar-refractivity contribution is 0.794. The van der Waals surface area contributed by atoms with Crippen molar-refractivity contribution in [2.75, 3.05) is 0 Å². The smallest absolute Gasteiger partial charge is 0.160 e. The van der Waals surface area contributed by atoms with Crippen molar-refractivity contribution < 1.29 is 0 Å². The Hall–Kier alpha value is -8.36. The van der Waals surface area contributed by atoms with Crippen molar-refractivity contribution in [3.63, 3.8) is 0 Å². The molecule has 0 radical (unpaired) electrons. The van der Waals surface area contributed by atoms with Crippen LogP contribution in [-0.4, -0.2) is 39.9 Å². The summed E-state index contributed by atoms with van der Waals surface area (Å²) in [6, 6.07) is 58.3. The normalized spacial score (nSPS) is 12.7. The summed E-state index contributed by atoms with van der Waals surface area (Å²) in [5.41, 5.74) is 16.6. The van der Waals surface area contributed by atoms with Crippen LogP contribution in [0.15, 0.2) is 195 Å². The molecule has 0 fully saturated rings. The highest BCUT2D eigenvalue weighted by atomic mass is 14.9. The van der Waals surface area contributed by atoms with E-state index in [1.807, 2.05) is 84.9 Å². The zero-order chi connectivity index (χ0) is 40.3. The molecule has 10 aromatic rings. The van der Waals surface area contributed by atoms with Crippen LogP contribution in [-0.2, 0) is 5.41 Å². The Kier molecular flexibility index (Phi) is 7.89. The minimum atomic E-state index is -0.658. The number of fused-ring (bicyclic) bond motifs is 10. The Bertz CT molecular complexity index is 2960. The van der Waals surface area contributed by atoms with E-state index in [4.69, 9.17) is 19.9 Å². The summed E-state index contributed by atoms with van der Waals surface area (Å²) in [6.07, 6.45) is 7.15. The van der Waals surface area contributed by atoms with Gasteiger partial charge in [0.15, 0.2) is 11.6 Å². The quantitative estimate of drug-likeness (QED) is 0.164. The Morgan fingerprint density at radius 2 is 0.590 bits per heavy atom. The van der Waals surface area contributed by atoms with Gasteiger partial charge in [0.1, 0.15) is 0 Å². The summed E-state index contributed by atoms with van der Waals surface area (Å²) in [4.78, 5) is 39.3. The molecule has 2 aliphatic carbocycles. The predicted octanol–water partition coefficient (Wildman–Crippen LogP) is 11.2. The standard InChI is InChI=1S/C53H32N8/c1-3-15-39-35(13-1)37-23-21-33(51-58-47(43-17-5-9-25-54-43)31-48(59-51)44-18-6-10-26-55-44)29-41(37)53(39)40-16-4-2-14-36(40)38-24-22-34(30-42(38)53)52-60-49(45-19-7-11-27-56-45)32-50(61-52)46-20-8-12-28-57-46/h1-32H. The van der Waals surface area contributed by atoms with Gasteiger partial charge in [0, 0.05) is 35.9 Å². The van der Waals surface area contributed by atoms with Gasteiger partial charge in [-0.3, -0.25) is 19.9 Å². The van der Waals surface area contributed by atoms with E-state index in [9.17, 15) is 0 Å². The molecule has 2 aliphatic rings. The second-order valence-electron chi connectivity index (χ2n) is 15.1. The van der Waals surface area contributed by atoms with Crippen LogP contribution >= 0.6 is 0 Å². The van der Waals surface area contributed by atoms with Crippen LogP contribution in [0, 0.1) is 0 Å². The van der Waals surface area contributed by atoms with Crippen LogP contribution in [0.4, 0.5) is 0 Å². The SMILES string of the molecule is c1ccc(-c2cc(-c3ccccn3)nc(-c3ccc4c(c3)C3(c5ccccc5-4)c4ccccc4-c4ccc(-c5nc(-c6ccccn6)cc(-c6ccccn6)n5)cc43)n2)nc1. The number of nitrogens with zero attached hydrogens (tertiary/aromatic N) is 8. The minimum Gasteiger partial charge on any atom is -0.255 e. The average molecular weight is 781 g/mol. The molecule has 6 heterocycles. The average Bonchev–Trinajstić information content (AvgIpc) is 3.81. The number of aromatic nitrogens is 8. The van der Waals surface area contributed by atoms with E-state index in [1.165, 1.54) is 33.4 Å². The van der Waals surface area contributed by atoms with Crippen molar-refractivity contribution in [2.45, 2.75) is 5.41 Å². The maximum Gasteiger partial charge on any atom is 0.160 e. The van der Waals surface area contributed by atoms with Gasteiger partial charge in [-0.25, -0.2) is 19.9 Å². The van der Waals surface area contributed by atoms with Gasteiger partial charge in [-0.2, -0.15) is 0 Å². The molecule has 0 N–H and O–H groups in total. The van der Waals surface area contributed by atoms with Gasteiger partial charge in [-0.15, -0.1) is 0 Å². The summed E-state index contributed by atoms with van der Waals surface area (Å²) in [7, 11) is 0. The zero-order valence-corrected chi connectivity index (χ0v) is 32.6. The third-order valence-electron chi connectivity index (χ3n) is 11.8. The fraction of sp³-hybridized carbons (Fsp3) is 0.0189. The topological polar surface area (TPSA) is 103 Å². The summed E-state index contributed by atoms with van der Waals surface area (Å²) >= 11 is 0. The monoisotopic (exact) mass is 780 g/mol. The molecule has 0 amide bonds. The van der Waals surface area contributed by atoms with Crippen molar-refractivity contribution >= 4 is 0 Å². The third kappa shape index (κ3) is 5.53. The summed E-state index contributed by atoms with van der Waals surface area (Å²) < 4.78 is 0. The first kappa shape index (κ1) is 34.7. The van der Waals surface area contributed by atoms with Gasteiger partial charge in [-0.05, 0) is 117 Å². The first-order valence-corrected chi connectivity index (χ1v) is 20.2. The maximum atomic E-state index is 5.17. The van der Waals surface area contributed by atoms with Gasteiger partial charge in [0.2, 0.25) is 0 Å². The molecule has 61 heavy (non-hydrogen) atoms. The lowest BCUT2D eigenvalue weighted by Crippen LogP contribution is -2.26. The highest BCUT2D eigenvalue weighted by molar-refractivity contribution is 5.96. The fourth-order valence-electron chi connectivity index (χ4n) is 9.15. The number of rotatable bonds is 6. The highest BCUT2D eigenvalue weighted by Gasteiger charge is 2.52. The molecule has 0 atom stereocenters. The largest absolute Gasteiger partial charge is 0.255 e. The minimum absolute atomic E-state index is 0.597. The van der Waals surface area contributed by atoms with Gasteiger partial charge < -0.3 is 0 Å². The maximum absolute atomic E-state index is 5.17. The molecule has 0 saturated heterocycles. The van der Waals surface area contributed by atoms with Crippen molar-refractivity contribution in [3.8, 4) is 90.6 Å². The summed E-state index contributed by atoms with van der Waals surface area (Å²) in [5.74, 6) is 1.19. The van der Waals surface area contributed by atoms with Gasteiger partial charge in [0.05, 0.1) is 51.0 Å². The number of hydrogen-bond acceptors (Lipinski definition) is 8. The van der Waals surface area contributed by atoms with E-state index in [2.05, 4.69) is 105 Å². The first-order chi connectivity index (χ1) is 30.2. The van der Waals surface area contributed by atoms with Crippen LogP contribution in [0.1, 0.15) is 22.3 Å². The van der Waals surface area contributed by atoms with Crippen molar-refractivity contribution in [2.24, 2.45) is 0 Å². The molecule has 284 valence electrons. The van der Waals surface area contributed by atoms with E-state index < -0.39 is 5.41 Å². The van der Waals surface area contributed by atoms with Gasteiger partial charge >= 0.3 is 0 Å². The van der Waals surface area contributed by atoms with Crippen LogP contribution in [0.25, 0.3) is 90.6 Å². The van der Waals surface area contributed by atoms with Crippen molar-refractivity contribution in [3.05, 3.63) is 217 Å². The van der Waals surface area contributed by atoms with Crippen LogP contribution in [0.3, 0.4) is 0 Å². The molecule has 0 unspecified atom stereocenters. The van der Waals surface area contributed by atoms with E-state index in [1.54, 1.807) is 24.8 Å². The Morgan fingerprint density at radius 1 is 0.262 bits per heavy atom. The molecule has 4 aromatic carbocycles. The van der Waals surface area contributed by atoms with Crippen molar-refractivity contribution in [1.29, 1.82) is 0 Å². The van der Waals surface area contributed by atoms with Crippen LogP contribution in [0.2, 0.25) is 0 Å². The number of benzene rings is 4. The summed E-state index contributed by atoms with van der Waals surface area (Å²) in [6.45, 7) is 0. The molecule has 12 rings (SSSR count). The van der Waals surface area contributed by atoms with Crippen LogP contribution < -0.4 is 0 Å². The second-order valence-corrected chi connectivity index (χ2v) is 15.1. The van der Waals surface area contributed by atoms with E-state index in [-0.39, 0.29) is 0 Å². The first-order valence-electron chi connectivity index (χ1n) is 20.2. The molecule has 8 heteroatoms. The van der Waals surface area contributed by atoms with Crippen LogP contribution in [0.5, 0.6) is 0 Å². The van der Waals surface area contributed by atoms with Gasteiger partial charge in [0.25, 0.3) is 0 Å². The molecule has 8 nitrogen and oxygen atoms in total.